The molecule has 2 amide bonds. The monoisotopic (exact) mass is 944 g/mol. The van der Waals surface area contributed by atoms with Crippen molar-refractivity contribution in [1.29, 1.82) is 0 Å². The number of rotatable bonds is 11. The van der Waals surface area contributed by atoms with Gasteiger partial charge in [0.25, 0.3) is 0 Å². The van der Waals surface area contributed by atoms with Crippen molar-refractivity contribution >= 4 is 75.5 Å². The number of H-pyrrole nitrogens is 2. The van der Waals surface area contributed by atoms with E-state index in [1.807, 2.05) is 56.3 Å². The Bertz CT molecular complexity index is 2650. The zero-order chi connectivity index (χ0) is 48.3. The largest absolute Gasteiger partial charge is 0.382 e. The van der Waals surface area contributed by atoms with Gasteiger partial charge in [0.1, 0.15) is 16.8 Å². The highest BCUT2D eigenvalue weighted by Crippen LogP contribution is 2.37. The van der Waals surface area contributed by atoms with Gasteiger partial charge in [-0.3, -0.25) is 24.7 Å². The number of nitrogen functional groups attached to an aromatic ring is 1. The molecule has 2 fully saturated rings. The second-order valence-electron chi connectivity index (χ2n) is 18.3. The van der Waals surface area contributed by atoms with Crippen molar-refractivity contribution in [3.05, 3.63) is 99.7 Å². The minimum Gasteiger partial charge on any atom is -0.382 e. The number of hydrogen-bond acceptors (Lipinski definition) is 13. The van der Waals surface area contributed by atoms with Crippen LogP contribution < -0.4 is 32.3 Å². The topological polar surface area (TPSA) is 232 Å². The van der Waals surface area contributed by atoms with E-state index >= 15 is 0 Å². The molecule has 18 heteroatoms. The Hall–Kier alpha value is -6.59. The summed E-state index contributed by atoms with van der Waals surface area (Å²) in [5.74, 6) is 4.51. The summed E-state index contributed by atoms with van der Waals surface area (Å²) in [5.41, 5.74) is 15.4. The van der Waals surface area contributed by atoms with Crippen molar-refractivity contribution in [2.75, 3.05) is 38.9 Å². The lowest BCUT2D eigenvalue weighted by atomic mass is 9.83. The maximum atomic E-state index is 11.5. The summed E-state index contributed by atoms with van der Waals surface area (Å²) in [5, 5.41) is 30.2. The van der Waals surface area contributed by atoms with Crippen molar-refractivity contribution in [3.63, 3.8) is 0 Å². The smallest absolute Gasteiger partial charge is 0.229 e. The van der Waals surface area contributed by atoms with Crippen LogP contribution in [0.5, 0.6) is 0 Å². The molecule has 9 N–H and O–H groups in total. The van der Waals surface area contributed by atoms with Crippen LogP contribution in [-0.2, 0) is 22.4 Å². The molecule has 0 saturated heterocycles. The van der Waals surface area contributed by atoms with Gasteiger partial charge < -0.3 is 32.3 Å². The maximum absolute atomic E-state index is 11.5. The van der Waals surface area contributed by atoms with E-state index < -0.39 is 0 Å². The molecule has 0 radical (unpaired) electrons. The van der Waals surface area contributed by atoms with Crippen LogP contribution in [0.15, 0.2) is 60.9 Å². The van der Waals surface area contributed by atoms with Gasteiger partial charge in [0, 0.05) is 107 Å². The third kappa shape index (κ3) is 13.3. The molecule has 68 heavy (non-hydrogen) atoms. The standard InChI is InChI=1S/C21H23N7O.C14H13ClN4O.C8H19N.C7H11N3/c1-12-11-22-21(23-15-6-7-16-14(9-15)5-8-19(29)24-16)26-20(12)25-18-10-17(27-28-18)13-3-2-4-13;1-8-7-16-14(19-13(8)15)17-10-3-4-11-9(6-10)2-5-12(20)18-11;1-6-9(7(2)3)8(4)5;8-7-4-6(9-10-7)5-2-1-3-5/h6-7,9-11,13H,2-5,8H2,1H3,(H,24,29)(H3,22,23,25,26,27,28);3-4,6-7H,2,5H2,1H3,(H,18,20)(H,16,17,19);7-8H,6H2,1-5H3;4-5H,1-3H2,(H3,8,9,10). The Kier molecular flexibility index (Phi) is 16.6. The van der Waals surface area contributed by atoms with Crippen molar-refractivity contribution in [3.8, 4) is 0 Å². The molecule has 0 atom stereocenters. The number of nitrogens with one attached hydrogen (secondary N) is 7. The lowest BCUT2D eigenvalue weighted by Gasteiger charge is -2.28. The SMILES string of the molecule is CCN(C(C)C)C(C)C.Cc1cnc(Nc2ccc3c(c2)CCC(=O)N3)nc1Cl.Cc1cnc(Nc2ccc3c(c2)CCC(=O)N3)nc1Nc1cc(C2CCC2)[nH]n1.Nc1cc(C2CCC2)[nH]n1. The third-order valence-electron chi connectivity index (χ3n) is 12.6. The molecule has 4 aliphatic rings. The van der Waals surface area contributed by atoms with Crippen LogP contribution in [0.3, 0.4) is 0 Å². The van der Waals surface area contributed by atoms with Crippen LogP contribution in [0.25, 0.3) is 0 Å². The van der Waals surface area contributed by atoms with Gasteiger partial charge >= 0.3 is 0 Å². The van der Waals surface area contributed by atoms with Gasteiger partial charge in [0.2, 0.25) is 23.7 Å². The summed E-state index contributed by atoms with van der Waals surface area (Å²) in [4.78, 5) is 42.6. The van der Waals surface area contributed by atoms with Crippen molar-refractivity contribution in [2.45, 2.75) is 137 Å². The molecular formula is C50H66ClN15O2. The Morgan fingerprint density at radius 3 is 1.66 bits per heavy atom. The second-order valence-corrected chi connectivity index (χ2v) is 18.7. The van der Waals surface area contributed by atoms with Crippen LogP contribution in [0.1, 0.15) is 131 Å². The zero-order valence-corrected chi connectivity index (χ0v) is 41.0. The molecule has 17 nitrogen and oxygen atoms in total. The second kappa shape index (κ2) is 22.9. The number of anilines is 9. The Morgan fingerprint density at radius 2 is 1.21 bits per heavy atom. The molecule has 2 aromatic carbocycles. The van der Waals surface area contributed by atoms with E-state index in [1.54, 1.807) is 12.4 Å². The number of hydrogen-bond donors (Lipinski definition) is 8. The fourth-order valence-corrected chi connectivity index (χ4v) is 8.48. The number of nitrogens with two attached hydrogens (primary N) is 1. The highest BCUT2D eigenvalue weighted by molar-refractivity contribution is 6.30. The molecule has 2 aliphatic carbocycles. The molecule has 2 saturated carbocycles. The van der Waals surface area contributed by atoms with Crippen molar-refractivity contribution in [2.24, 2.45) is 0 Å². The number of aromatic nitrogens is 8. The first-order chi connectivity index (χ1) is 32.7. The number of fused-ring (bicyclic) bond motifs is 2. The summed E-state index contributed by atoms with van der Waals surface area (Å²) in [6, 6.07) is 17.0. The minimum absolute atomic E-state index is 0.0619. The summed E-state index contributed by atoms with van der Waals surface area (Å²) in [6.07, 6.45) is 13.7. The van der Waals surface area contributed by atoms with Gasteiger partial charge in [-0.1, -0.05) is 31.4 Å². The Balaban J connectivity index is 0.000000151. The zero-order valence-electron chi connectivity index (χ0n) is 40.3. The maximum Gasteiger partial charge on any atom is 0.229 e. The molecule has 360 valence electrons. The van der Waals surface area contributed by atoms with Crippen molar-refractivity contribution in [1.82, 2.24) is 45.2 Å². The normalized spacial score (nSPS) is 15.2. The number of halogens is 1. The highest BCUT2D eigenvalue weighted by atomic mass is 35.5. The average Bonchev–Trinajstić information content (AvgIpc) is 3.91. The summed E-state index contributed by atoms with van der Waals surface area (Å²) >= 11 is 5.97. The third-order valence-corrected chi connectivity index (χ3v) is 13.0. The van der Waals surface area contributed by atoms with Gasteiger partial charge in [-0.15, -0.1) is 0 Å². The minimum atomic E-state index is 0.0619. The van der Waals surface area contributed by atoms with E-state index in [1.165, 1.54) is 49.9 Å². The van der Waals surface area contributed by atoms with Crippen LogP contribution in [0, 0.1) is 13.8 Å². The number of benzene rings is 2. The van der Waals surface area contributed by atoms with E-state index in [2.05, 4.69) is 112 Å². The number of carbonyl (C=O) groups excluding carboxylic acids is 2. The van der Waals surface area contributed by atoms with E-state index in [0.717, 1.165) is 76.0 Å². The molecule has 6 aromatic rings. The number of aryl methyl sites for hydroxylation is 4. The fraction of sp³-hybridized carbons (Fsp3) is 0.440. The Labute approximate surface area is 404 Å². The molecule has 0 spiro atoms. The summed E-state index contributed by atoms with van der Waals surface area (Å²) in [6.45, 7) is 16.1. The van der Waals surface area contributed by atoms with Crippen LogP contribution in [0.2, 0.25) is 5.15 Å². The quantitative estimate of drug-likeness (QED) is 0.0566. The van der Waals surface area contributed by atoms with Gasteiger partial charge in [-0.05, 0) is 134 Å². The molecule has 0 bridgehead atoms. The number of carbonyl (C=O) groups is 2. The lowest BCUT2D eigenvalue weighted by Crippen LogP contribution is -2.36. The molecular weight excluding hydrogens is 878 g/mol. The Morgan fingerprint density at radius 1 is 0.691 bits per heavy atom. The number of aromatic amines is 2. The first-order valence-corrected chi connectivity index (χ1v) is 24.2. The van der Waals surface area contributed by atoms with E-state index in [0.29, 0.717) is 59.6 Å². The first kappa shape index (κ1) is 49.3. The van der Waals surface area contributed by atoms with Crippen LogP contribution >= 0.6 is 11.6 Å². The average molecular weight is 945 g/mol. The predicted octanol–water partition coefficient (Wildman–Crippen LogP) is 10.6. The van der Waals surface area contributed by atoms with E-state index in [4.69, 9.17) is 17.3 Å². The van der Waals surface area contributed by atoms with Gasteiger partial charge in [-0.2, -0.15) is 15.2 Å². The van der Waals surface area contributed by atoms with Crippen molar-refractivity contribution < 1.29 is 9.59 Å². The molecule has 6 heterocycles. The lowest BCUT2D eigenvalue weighted by molar-refractivity contribution is -0.117. The predicted molar refractivity (Wildman–Crippen MR) is 273 cm³/mol. The van der Waals surface area contributed by atoms with Crippen LogP contribution in [0.4, 0.5) is 52.1 Å². The molecule has 10 rings (SSSR count). The van der Waals surface area contributed by atoms with E-state index in [-0.39, 0.29) is 11.8 Å². The first-order valence-electron chi connectivity index (χ1n) is 23.8. The van der Waals surface area contributed by atoms with Gasteiger partial charge in [-0.25, -0.2) is 15.0 Å². The van der Waals surface area contributed by atoms with Gasteiger partial charge in [0.15, 0.2) is 5.82 Å². The summed E-state index contributed by atoms with van der Waals surface area (Å²) < 4.78 is 0. The molecule has 2 aliphatic heterocycles. The van der Waals surface area contributed by atoms with Gasteiger partial charge in [0.05, 0.1) is 0 Å². The van der Waals surface area contributed by atoms with E-state index in [9.17, 15) is 9.59 Å². The molecule has 0 unspecified atom stereocenters. The van der Waals surface area contributed by atoms with Crippen LogP contribution in [-0.4, -0.2) is 75.7 Å². The fourth-order valence-electron chi connectivity index (χ4n) is 8.35. The summed E-state index contributed by atoms with van der Waals surface area (Å²) in [7, 11) is 0. The number of nitrogens with zero attached hydrogens (tertiary/aromatic N) is 7. The number of amides is 2. The highest BCUT2D eigenvalue weighted by Gasteiger charge is 2.23. The molecule has 4 aromatic heterocycles.